The molecule has 25 heavy (non-hydrogen) atoms. The van der Waals surface area contributed by atoms with Gasteiger partial charge in [-0.3, -0.25) is 14.0 Å². The Hall–Kier alpha value is -3.15. The van der Waals surface area contributed by atoms with Gasteiger partial charge in [-0.1, -0.05) is 12.1 Å². The number of aromatic nitrogens is 2. The van der Waals surface area contributed by atoms with Gasteiger partial charge in [-0.15, -0.1) is 0 Å². The van der Waals surface area contributed by atoms with Gasteiger partial charge in [0.1, 0.15) is 23.1 Å². The Morgan fingerprint density at radius 2 is 2.12 bits per heavy atom. The highest BCUT2D eigenvalue weighted by Gasteiger charge is 2.30. The van der Waals surface area contributed by atoms with E-state index in [4.69, 9.17) is 4.74 Å². The van der Waals surface area contributed by atoms with Crippen LogP contribution < -0.4 is 15.2 Å². The Kier molecular flexibility index (Phi) is 3.53. The van der Waals surface area contributed by atoms with Gasteiger partial charge in [-0.2, -0.15) is 0 Å². The van der Waals surface area contributed by atoms with Crippen LogP contribution in [0.1, 0.15) is 22.8 Å². The average Bonchev–Trinajstić information content (AvgIpc) is 2.60. The number of nitrogens with zero attached hydrogens (tertiary/aromatic N) is 3. The van der Waals surface area contributed by atoms with E-state index in [0.717, 1.165) is 5.56 Å². The van der Waals surface area contributed by atoms with E-state index < -0.39 is 0 Å². The normalized spacial score (nSPS) is 16.4. The van der Waals surface area contributed by atoms with E-state index in [1.807, 2.05) is 32.0 Å². The minimum Gasteiger partial charge on any atom is -0.487 e. The molecule has 0 saturated heterocycles. The monoisotopic (exact) mass is 335 g/mol. The summed E-state index contributed by atoms with van der Waals surface area (Å²) in [5.74, 6) is 0.289. The zero-order valence-electron chi connectivity index (χ0n) is 14.0. The van der Waals surface area contributed by atoms with E-state index in [2.05, 4.69) is 4.98 Å². The van der Waals surface area contributed by atoms with E-state index in [9.17, 15) is 9.59 Å². The summed E-state index contributed by atoms with van der Waals surface area (Å²) in [6, 6.07) is 10.9. The molecule has 0 aliphatic carbocycles. The fraction of sp³-hybridized carbons (Fsp3) is 0.211. The van der Waals surface area contributed by atoms with Gasteiger partial charge in [-0.25, -0.2) is 4.98 Å². The standard InChI is InChI=1S/C19H17N3O3/c1-12-6-7-15-16(9-12)25-13(2)11-22(15)19(24)14-10-20-17-5-3-4-8-21(17)18(14)23/h3-10,13H,11H2,1-2H3/t13-/m1/s1. The first-order chi connectivity index (χ1) is 12.0. The first-order valence-corrected chi connectivity index (χ1v) is 8.10. The number of fused-ring (bicyclic) bond motifs is 2. The van der Waals surface area contributed by atoms with Crippen LogP contribution in [0.5, 0.6) is 5.75 Å². The van der Waals surface area contributed by atoms with Crippen molar-refractivity contribution in [3.05, 3.63) is 70.3 Å². The van der Waals surface area contributed by atoms with Gasteiger partial charge in [0.25, 0.3) is 11.5 Å². The Balaban J connectivity index is 1.82. The molecular weight excluding hydrogens is 318 g/mol. The molecule has 3 heterocycles. The molecule has 3 aromatic rings. The number of benzene rings is 1. The smallest absolute Gasteiger partial charge is 0.270 e. The van der Waals surface area contributed by atoms with Gasteiger partial charge in [0.15, 0.2) is 0 Å². The zero-order valence-corrected chi connectivity index (χ0v) is 14.0. The molecule has 0 saturated carbocycles. The molecule has 2 aromatic heterocycles. The Labute approximate surface area is 144 Å². The molecule has 6 nitrogen and oxygen atoms in total. The lowest BCUT2D eigenvalue weighted by atomic mass is 10.1. The highest BCUT2D eigenvalue weighted by Crippen LogP contribution is 2.34. The molecule has 1 atom stereocenters. The van der Waals surface area contributed by atoms with Crippen LogP contribution in [0.15, 0.2) is 53.6 Å². The van der Waals surface area contributed by atoms with Gasteiger partial charge in [0.2, 0.25) is 0 Å². The van der Waals surface area contributed by atoms with Crippen LogP contribution in [0, 0.1) is 6.92 Å². The number of rotatable bonds is 1. The van der Waals surface area contributed by atoms with Crippen molar-refractivity contribution in [2.75, 3.05) is 11.4 Å². The molecule has 1 aromatic carbocycles. The predicted octanol–water partition coefficient (Wildman–Crippen LogP) is 2.43. The molecule has 0 unspecified atom stereocenters. The van der Waals surface area contributed by atoms with Crippen LogP contribution in [0.2, 0.25) is 0 Å². The third-order valence-electron chi connectivity index (χ3n) is 4.26. The topological polar surface area (TPSA) is 63.9 Å². The number of anilines is 1. The summed E-state index contributed by atoms with van der Waals surface area (Å²) in [5.41, 5.74) is 1.90. The van der Waals surface area contributed by atoms with Crippen molar-refractivity contribution in [1.29, 1.82) is 0 Å². The van der Waals surface area contributed by atoms with Gasteiger partial charge >= 0.3 is 0 Å². The average molecular weight is 335 g/mol. The molecule has 0 N–H and O–H groups in total. The molecule has 1 aliphatic heterocycles. The molecular formula is C19H17N3O3. The lowest BCUT2D eigenvalue weighted by molar-refractivity contribution is 0.0959. The van der Waals surface area contributed by atoms with Gasteiger partial charge < -0.3 is 9.64 Å². The lowest BCUT2D eigenvalue weighted by Gasteiger charge is -2.33. The second kappa shape index (κ2) is 5.73. The van der Waals surface area contributed by atoms with Crippen molar-refractivity contribution in [2.45, 2.75) is 20.0 Å². The summed E-state index contributed by atoms with van der Waals surface area (Å²) in [5, 5.41) is 0. The first-order valence-electron chi connectivity index (χ1n) is 8.10. The second-order valence-corrected chi connectivity index (χ2v) is 6.22. The third kappa shape index (κ3) is 2.55. The molecule has 1 amide bonds. The number of carbonyl (C=O) groups excluding carboxylic acids is 1. The van der Waals surface area contributed by atoms with Crippen LogP contribution in [0.25, 0.3) is 5.65 Å². The zero-order chi connectivity index (χ0) is 17.6. The molecule has 126 valence electrons. The molecule has 0 spiro atoms. The van der Waals surface area contributed by atoms with Gasteiger partial charge in [0.05, 0.1) is 12.2 Å². The Morgan fingerprint density at radius 1 is 1.28 bits per heavy atom. The quantitative estimate of drug-likeness (QED) is 0.685. The SMILES string of the molecule is Cc1ccc2c(c1)O[C@H](C)CN2C(=O)c1cnc2ccccn2c1=O. The summed E-state index contributed by atoms with van der Waals surface area (Å²) in [7, 11) is 0. The molecule has 0 fully saturated rings. The molecule has 4 rings (SSSR count). The van der Waals surface area contributed by atoms with E-state index >= 15 is 0 Å². The van der Waals surface area contributed by atoms with Crippen molar-refractivity contribution in [2.24, 2.45) is 0 Å². The highest BCUT2D eigenvalue weighted by molar-refractivity contribution is 6.07. The maximum absolute atomic E-state index is 13.1. The minimum atomic E-state index is -0.372. The number of ether oxygens (including phenoxy) is 1. The van der Waals surface area contributed by atoms with E-state index in [1.54, 1.807) is 29.3 Å². The number of aryl methyl sites for hydroxylation is 1. The molecule has 0 radical (unpaired) electrons. The maximum atomic E-state index is 13.1. The van der Waals surface area contributed by atoms with Gasteiger partial charge in [0, 0.05) is 12.4 Å². The number of hydrogen-bond donors (Lipinski definition) is 0. The predicted molar refractivity (Wildman–Crippen MR) is 94.4 cm³/mol. The van der Waals surface area contributed by atoms with Crippen molar-refractivity contribution in [3.8, 4) is 5.75 Å². The van der Waals surface area contributed by atoms with Crippen LogP contribution in [0.4, 0.5) is 5.69 Å². The largest absolute Gasteiger partial charge is 0.487 e. The van der Waals surface area contributed by atoms with Crippen LogP contribution >= 0.6 is 0 Å². The summed E-state index contributed by atoms with van der Waals surface area (Å²) < 4.78 is 7.22. The third-order valence-corrected chi connectivity index (χ3v) is 4.26. The molecule has 1 aliphatic rings. The van der Waals surface area contributed by atoms with Crippen molar-refractivity contribution < 1.29 is 9.53 Å². The Bertz CT molecular complexity index is 1040. The first kappa shape index (κ1) is 15.4. The van der Waals surface area contributed by atoms with E-state index in [0.29, 0.717) is 23.6 Å². The summed E-state index contributed by atoms with van der Waals surface area (Å²) in [4.78, 5) is 31.6. The number of hydrogen-bond acceptors (Lipinski definition) is 4. The molecule has 6 heteroatoms. The fourth-order valence-corrected chi connectivity index (χ4v) is 3.06. The Morgan fingerprint density at radius 3 is 2.96 bits per heavy atom. The molecule has 0 bridgehead atoms. The van der Waals surface area contributed by atoms with E-state index in [1.165, 1.54) is 10.6 Å². The van der Waals surface area contributed by atoms with Crippen molar-refractivity contribution in [1.82, 2.24) is 9.38 Å². The van der Waals surface area contributed by atoms with E-state index in [-0.39, 0.29) is 23.1 Å². The van der Waals surface area contributed by atoms with Crippen LogP contribution in [-0.2, 0) is 0 Å². The second-order valence-electron chi connectivity index (χ2n) is 6.22. The summed E-state index contributed by atoms with van der Waals surface area (Å²) in [6.45, 7) is 4.25. The maximum Gasteiger partial charge on any atom is 0.270 e. The van der Waals surface area contributed by atoms with Crippen LogP contribution in [0.3, 0.4) is 0 Å². The van der Waals surface area contributed by atoms with Gasteiger partial charge in [-0.05, 0) is 43.7 Å². The number of amides is 1. The number of carbonyl (C=O) groups is 1. The lowest BCUT2D eigenvalue weighted by Crippen LogP contribution is -2.44. The highest BCUT2D eigenvalue weighted by atomic mass is 16.5. The van der Waals surface area contributed by atoms with Crippen LogP contribution in [-0.4, -0.2) is 27.9 Å². The van der Waals surface area contributed by atoms with Crippen molar-refractivity contribution in [3.63, 3.8) is 0 Å². The minimum absolute atomic E-state index is 0.0457. The summed E-state index contributed by atoms with van der Waals surface area (Å²) >= 11 is 0. The number of pyridine rings is 1. The van der Waals surface area contributed by atoms with Crippen molar-refractivity contribution >= 4 is 17.2 Å². The summed E-state index contributed by atoms with van der Waals surface area (Å²) in [6.07, 6.45) is 2.81. The fourth-order valence-electron chi connectivity index (χ4n) is 3.06.